The van der Waals surface area contributed by atoms with Crippen LogP contribution in [0.5, 0.6) is 5.75 Å². The van der Waals surface area contributed by atoms with Gasteiger partial charge in [0.15, 0.2) is 0 Å². The third-order valence-corrected chi connectivity index (χ3v) is 7.58. The average molecular weight is 471 g/mol. The van der Waals surface area contributed by atoms with E-state index in [0.717, 1.165) is 56.9 Å². The molecule has 2 aromatic rings. The van der Waals surface area contributed by atoms with Gasteiger partial charge in [-0.25, -0.2) is 0 Å². The van der Waals surface area contributed by atoms with Crippen LogP contribution in [-0.4, -0.2) is 74.0 Å². The summed E-state index contributed by atoms with van der Waals surface area (Å²) in [6, 6.07) is 12.1. The molecule has 2 amide bonds. The number of hydrogen-bond acceptors (Lipinski definition) is 6. The summed E-state index contributed by atoms with van der Waals surface area (Å²) >= 11 is 1.70. The molecular formula is C25H34N4O3S. The van der Waals surface area contributed by atoms with Crippen molar-refractivity contribution in [3.8, 4) is 5.75 Å². The third-order valence-electron chi connectivity index (χ3n) is 6.64. The van der Waals surface area contributed by atoms with Crippen molar-refractivity contribution in [2.75, 3.05) is 51.3 Å². The van der Waals surface area contributed by atoms with Gasteiger partial charge in [0.1, 0.15) is 5.75 Å². The Balaban J connectivity index is 1.42. The Morgan fingerprint density at radius 3 is 2.36 bits per heavy atom. The van der Waals surface area contributed by atoms with Crippen LogP contribution < -0.4 is 15.0 Å². The molecule has 1 N–H and O–H groups in total. The Bertz CT molecular complexity index is 921. The van der Waals surface area contributed by atoms with E-state index in [1.165, 1.54) is 4.88 Å². The van der Waals surface area contributed by atoms with Crippen molar-refractivity contribution in [3.63, 3.8) is 0 Å². The van der Waals surface area contributed by atoms with E-state index in [0.29, 0.717) is 13.1 Å². The number of amides is 2. The number of likely N-dealkylation sites (tertiary alicyclic amines) is 1. The topological polar surface area (TPSA) is 65.1 Å². The van der Waals surface area contributed by atoms with Crippen LogP contribution in [0.15, 0.2) is 41.8 Å². The lowest BCUT2D eigenvalue weighted by Gasteiger charge is -2.42. The number of rotatable bonds is 6. The van der Waals surface area contributed by atoms with Gasteiger partial charge in [-0.2, -0.15) is 0 Å². The number of benzene rings is 1. The van der Waals surface area contributed by atoms with Crippen LogP contribution in [0.25, 0.3) is 0 Å². The normalized spacial score (nSPS) is 19.1. The molecule has 8 heteroatoms. The second kappa shape index (κ2) is 11.0. The predicted molar refractivity (Wildman–Crippen MR) is 132 cm³/mol. The Morgan fingerprint density at radius 1 is 0.970 bits per heavy atom. The summed E-state index contributed by atoms with van der Waals surface area (Å²) < 4.78 is 5.55. The zero-order valence-corrected chi connectivity index (χ0v) is 20.4. The first kappa shape index (κ1) is 23.6. The molecule has 0 aliphatic carbocycles. The molecule has 0 spiro atoms. The van der Waals surface area contributed by atoms with Crippen molar-refractivity contribution in [1.82, 2.24) is 15.1 Å². The maximum Gasteiger partial charge on any atom is 0.311 e. The standard InChI is InChI=1S/C25H34N4O3S/c1-19(26-24(30)25(31)29-12-6-3-7-13-29)23(22-11-8-18-33-22)28-16-14-27(15-17-28)20-9-4-5-10-21(20)32-2/h4-5,8-11,18-19,23H,3,6-7,12-17H2,1-2H3,(H,26,30)/t19-,23-/m1/s1. The molecule has 3 heterocycles. The first-order chi connectivity index (χ1) is 16.1. The Labute approximate surface area is 200 Å². The SMILES string of the molecule is COc1ccccc1N1CCN([C@@H](c2cccs2)[C@@H](C)NC(=O)C(=O)N2CCCCC2)CC1. The van der Waals surface area contributed by atoms with Crippen LogP contribution in [0.4, 0.5) is 5.69 Å². The fraction of sp³-hybridized carbons (Fsp3) is 0.520. The van der Waals surface area contributed by atoms with Crippen LogP contribution in [0.1, 0.15) is 37.1 Å². The lowest BCUT2D eigenvalue weighted by atomic mass is 10.0. The predicted octanol–water partition coefficient (Wildman–Crippen LogP) is 3.14. The van der Waals surface area contributed by atoms with Gasteiger partial charge < -0.3 is 19.9 Å². The minimum Gasteiger partial charge on any atom is -0.495 e. The number of nitrogens with one attached hydrogen (secondary N) is 1. The molecule has 2 aliphatic heterocycles. The number of para-hydroxylation sites is 2. The molecule has 0 saturated carbocycles. The van der Waals surface area contributed by atoms with E-state index in [1.54, 1.807) is 23.3 Å². The number of piperidine rings is 1. The fourth-order valence-corrected chi connectivity index (χ4v) is 5.89. The van der Waals surface area contributed by atoms with E-state index in [4.69, 9.17) is 4.74 Å². The highest BCUT2D eigenvalue weighted by Crippen LogP contribution is 2.32. The van der Waals surface area contributed by atoms with Gasteiger partial charge in [-0.3, -0.25) is 14.5 Å². The number of nitrogens with zero attached hydrogens (tertiary/aromatic N) is 3. The molecule has 2 saturated heterocycles. The highest BCUT2D eigenvalue weighted by atomic mass is 32.1. The lowest BCUT2D eigenvalue weighted by molar-refractivity contribution is -0.147. The van der Waals surface area contributed by atoms with Crippen LogP contribution in [-0.2, 0) is 9.59 Å². The van der Waals surface area contributed by atoms with Crippen molar-refractivity contribution >= 4 is 28.8 Å². The minimum absolute atomic E-state index is 0.0305. The molecule has 0 bridgehead atoms. The lowest BCUT2D eigenvalue weighted by Crippen LogP contribution is -2.54. The monoisotopic (exact) mass is 470 g/mol. The Hall–Kier alpha value is -2.58. The molecule has 1 aromatic heterocycles. The molecule has 178 valence electrons. The summed E-state index contributed by atoms with van der Waals surface area (Å²) in [5, 5.41) is 5.10. The minimum atomic E-state index is -0.487. The van der Waals surface area contributed by atoms with Gasteiger partial charge in [0.05, 0.1) is 18.8 Å². The second-order valence-corrected chi connectivity index (χ2v) is 9.75. The van der Waals surface area contributed by atoms with Gasteiger partial charge in [0.2, 0.25) is 0 Å². The van der Waals surface area contributed by atoms with Crippen molar-refractivity contribution in [3.05, 3.63) is 46.7 Å². The van der Waals surface area contributed by atoms with E-state index >= 15 is 0 Å². The van der Waals surface area contributed by atoms with E-state index in [2.05, 4.69) is 32.6 Å². The van der Waals surface area contributed by atoms with Crippen LogP contribution in [0.3, 0.4) is 0 Å². The molecule has 2 aliphatic rings. The number of carbonyl (C=O) groups excluding carboxylic acids is 2. The van der Waals surface area contributed by atoms with Crippen molar-refractivity contribution in [1.29, 1.82) is 0 Å². The van der Waals surface area contributed by atoms with Gasteiger partial charge in [0.25, 0.3) is 0 Å². The summed E-state index contributed by atoms with van der Waals surface area (Å²) in [7, 11) is 1.71. The second-order valence-electron chi connectivity index (χ2n) is 8.77. The average Bonchev–Trinajstić information content (AvgIpc) is 3.39. The molecule has 7 nitrogen and oxygen atoms in total. The maximum absolute atomic E-state index is 12.8. The van der Waals surface area contributed by atoms with Crippen molar-refractivity contribution < 1.29 is 14.3 Å². The first-order valence-electron chi connectivity index (χ1n) is 11.8. The maximum atomic E-state index is 12.8. The number of anilines is 1. The molecule has 1 aromatic carbocycles. The summed E-state index contributed by atoms with van der Waals surface area (Å²) in [5.41, 5.74) is 1.11. The number of piperazine rings is 1. The molecule has 0 unspecified atom stereocenters. The molecule has 33 heavy (non-hydrogen) atoms. The van der Waals surface area contributed by atoms with Gasteiger partial charge in [-0.05, 0) is 49.8 Å². The van der Waals surface area contributed by atoms with E-state index in [-0.39, 0.29) is 12.1 Å². The van der Waals surface area contributed by atoms with Gasteiger partial charge >= 0.3 is 11.8 Å². The van der Waals surface area contributed by atoms with Gasteiger partial charge in [0, 0.05) is 50.2 Å². The summed E-state index contributed by atoms with van der Waals surface area (Å²) in [4.78, 5) is 33.1. The smallest absolute Gasteiger partial charge is 0.311 e. The largest absolute Gasteiger partial charge is 0.495 e. The number of ether oxygens (including phenoxy) is 1. The van der Waals surface area contributed by atoms with Gasteiger partial charge in [-0.15, -0.1) is 11.3 Å². The van der Waals surface area contributed by atoms with E-state index in [9.17, 15) is 9.59 Å². The van der Waals surface area contributed by atoms with Crippen LogP contribution in [0, 0.1) is 0 Å². The molecule has 2 fully saturated rings. The summed E-state index contributed by atoms with van der Waals surface area (Å²) in [5.74, 6) is 0.00342. The Morgan fingerprint density at radius 2 is 1.70 bits per heavy atom. The van der Waals surface area contributed by atoms with Crippen molar-refractivity contribution in [2.24, 2.45) is 0 Å². The number of methoxy groups -OCH3 is 1. The van der Waals surface area contributed by atoms with Crippen molar-refractivity contribution in [2.45, 2.75) is 38.3 Å². The molecular weight excluding hydrogens is 436 g/mol. The van der Waals surface area contributed by atoms with Crippen LogP contribution in [0.2, 0.25) is 0 Å². The number of carbonyl (C=O) groups is 2. The summed E-state index contributed by atoms with van der Waals surface area (Å²) in [6.45, 7) is 6.84. The third kappa shape index (κ3) is 5.50. The Kier molecular flexibility index (Phi) is 7.88. The first-order valence-corrected chi connectivity index (χ1v) is 12.7. The van der Waals surface area contributed by atoms with E-state index in [1.807, 2.05) is 31.2 Å². The zero-order valence-electron chi connectivity index (χ0n) is 19.5. The summed E-state index contributed by atoms with van der Waals surface area (Å²) in [6.07, 6.45) is 3.08. The molecule has 2 atom stereocenters. The highest BCUT2D eigenvalue weighted by Gasteiger charge is 2.33. The van der Waals surface area contributed by atoms with Gasteiger partial charge in [-0.1, -0.05) is 18.2 Å². The van der Waals surface area contributed by atoms with Crippen LogP contribution >= 0.6 is 11.3 Å². The molecule has 0 radical (unpaired) electrons. The number of thiophene rings is 1. The zero-order chi connectivity index (χ0) is 23.2. The fourth-order valence-electron chi connectivity index (χ4n) is 4.92. The molecule has 4 rings (SSSR count). The number of hydrogen-bond donors (Lipinski definition) is 1. The highest BCUT2D eigenvalue weighted by molar-refractivity contribution is 7.10. The van der Waals surface area contributed by atoms with E-state index < -0.39 is 11.8 Å². The quantitative estimate of drug-likeness (QED) is 0.657.